The molecular formula is C20H22F3NO3S. The fourth-order valence-corrected chi connectivity index (χ4v) is 4.51. The van der Waals surface area contributed by atoms with Gasteiger partial charge in [0.25, 0.3) is 5.92 Å². The molecule has 8 heteroatoms. The van der Waals surface area contributed by atoms with E-state index < -0.39 is 38.1 Å². The Bertz CT molecular complexity index is 1040. The number of hydrogen-bond donors (Lipinski definition) is 1. The van der Waals surface area contributed by atoms with Gasteiger partial charge in [0.15, 0.2) is 0 Å². The van der Waals surface area contributed by atoms with Crippen LogP contribution in [-0.4, -0.2) is 19.3 Å². The third-order valence-electron chi connectivity index (χ3n) is 5.09. The van der Waals surface area contributed by atoms with Gasteiger partial charge in [-0.3, -0.25) is 0 Å². The van der Waals surface area contributed by atoms with E-state index in [1.807, 2.05) is 19.9 Å². The number of aryl methyl sites for hydroxylation is 2. The van der Waals surface area contributed by atoms with E-state index >= 15 is 0 Å². The van der Waals surface area contributed by atoms with Crippen LogP contribution < -0.4 is 10.5 Å². The van der Waals surface area contributed by atoms with Gasteiger partial charge in [-0.25, -0.2) is 21.6 Å². The topological polar surface area (TPSA) is 69.4 Å². The highest BCUT2D eigenvalue weighted by Gasteiger charge is 2.51. The molecule has 2 aromatic rings. The Morgan fingerprint density at radius 2 is 1.79 bits per heavy atom. The predicted octanol–water partition coefficient (Wildman–Crippen LogP) is 4.77. The van der Waals surface area contributed by atoms with Crippen LogP contribution in [0.1, 0.15) is 42.1 Å². The van der Waals surface area contributed by atoms with Crippen LogP contribution in [0.4, 0.5) is 13.2 Å². The molecule has 0 saturated heterocycles. The molecule has 3 rings (SSSR count). The van der Waals surface area contributed by atoms with Crippen molar-refractivity contribution in [2.24, 2.45) is 5.73 Å². The first-order valence-corrected chi connectivity index (χ1v) is 10.2. The molecule has 4 nitrogen and oxygen atoms in total. The van der Waals surface area contributed by atoms with Gasteiger partial charge in [0, 0.05) is 17.5 Å². The van der Waals surface area contributed by atoms with Crippen LogP contribution in [-0.2, 0) is 16.3 Å². The van der Waals surface area contributed by atoms with Gasteiger partial charge >= 0.3 is 0 Å². The van der Waals surface area contributed by atoms with Gasteiger partial charge in [0.2, 0.25) is 14.8 Å². The Labute approximate surface area is 162 Å². The Kier molecular flexibility index (Phi) is 4.79. The van der Waals surface area contributed by atoms with Crippen molar-refractivity contribution in [3.63, 3.8) is 0 Å². The maximum atomic E-state index is 14.4. The summed E-state index contributed by atoms with van der Waals surface area (Å²) in [5, 5.41) is -2.64. The lowest BCUT2D eigenvalue weighted by atomic mass is 10.1. The van der Waals surface area contributed by atoms with Gasteiger partial charge in [0.1, 0.15) is 11.5 Å². The van der Waals surface area contributed by atoms with Gasteiger partial charge in [-0.15, -0.1) is 0 Å². The van der Waals surface area contributed by atoms with Crippen LogP contribution in [0.5, 0.6) is 11.5 Å². The largest absolute Gasteiger partial charge is 0.457 e. The summed E-state index contributed by atoms with van der Waals surface area (Å²) in [7, 11) is -4.52. The molecule has 1 atom stereocenters. The van der Waals surface area contributed by atoms with Crippen molar-refractivity contribution in [1.82, 2.24) is 0 Å². The average molecular weight is 413 g/mol. The summed E-state index contributed by atoms with van der Waals surface area (Å²) in [6, 6.07) is 5.78. The summed E-state index contributed by atoms with van der Waals surface area (Å²) in [5.74, 6) is -2.85. The second kappa shape index (κ2) is 6.49. The van der Waals surface area contributed by atoms with Crippen molar-refractivity contribution in [1.29, 1.82) is 0 Å². The van der Waals surface area contributed by atoms with Crippen molar-refractivity contribution in [3.8, 4) is 11.5 Å². The number of rotatable bonds is 4. The van der Waals surface area contributed by atoms with Crippen molar-refractivity contribution < 1.29 is 26.3 Å². The first-order chi connectivity index (χ1) is 12.8. The molecule has 0 amide bonds. The fourth-order valence-electron chi connectivity index (χ4n) is 3.20. The first kappa shape index (κ1) is 20.7. The molecule has 1 aliphatic rings. The summed E-state index contributed by atoms with van der Waals surface area (Å²) in [4.78, 5) is -0.521. The van der Waals surface area contributed by atoms with Crippen molar-refractivity contribution >= 4 is 9.84 Å². The number of fused-ring (bicyclic) bond motifs is 1. The van der Waals surface area contributed by atoms with E-state index in [2.05, 4.69) is 0 Å². The zero-order valence-corrected chi connectivity index (χ0v) is 16.8. The zero-order valence-electron chi connectivity index (χ0n) is 16.0. The number of ether oxygens (including phenoxy) is 1. The Morgan fingerprint density at radius 3 is 2.36 bits per heavy atom. The summed E-state index contributed by atoms with van der Waals surface area (Å²) < 4.78 is 74.0. The molecular weight excluding hydrogens is 391 g/mol. The standard InChI is InChI=1S/C20H22F3NO3S/c1-11-5-6-13(9-12(11)2)27-15-7-8-16(28(25,26)19(3,4)21)17-14(15)10-20(22,23)18(17)24/h5-9,18H,10,24H2,1-4H3/t18-/m0/s1. The second-order valence-electron chi connectivity index (χ2n) is 7.58. The minimum Gasteiger partial charge on any atom is -0.457 e. The van der Waals surface area contributed by atoms with E-state index in [-0.39, 0.29) is 16.9 Å². The maximum absolute atomic E-state index is 14.4. The highest BCUT2D eigenvalue weighted by Crippen LogP contribution is 2.49. The number of halogens is 3. The maximum Gasteiger partial charge on any atom is 0.271 e. The SMILES string of the molecule is Cc1ccc(Oc2ccc(S(=O)(=O)C(C)(C)F)c3c2CC(F)(F)[C@H]3N)cc1C. The van der Waals surface area contributed by atoms with Gasteiger partial charge in [-0.1, -0.05) is 6.07 Å². The van der Waals surface area contributed by atoms with Gasteiger partial charge in [0.05, 0.1) is 10.9 Å². The molecule has 2 aromatic carbocycles. The Morgan fingerprint density at radius 1 is 1.14 bits per heavy atom. The number of sulfone groups is 1. The van der Waals surface area contributed by atoms with E-state index in [0.29, 0.717) is 5.75 Å². The lowest BCUT2D eigenvalue weighted by molar-refractivity contribution is -0.0141. The van der Waals surface area contributed by atoms with E-state index in [9.17, 15) is 21.6 Å². The van der Waals surface area contributed by atoms with Crippen molar-refractivity contribution in [2.75, 3.05) is 0 Å². The van der Waals surface area contributed by atoms with Crippen LogP contribution in [0.3, 0.4) is 0 Å². The van der Waals surface area contributed by atoms with E-state index in [4.69, 9.17) is 10.5 Å². The molecule has 0 bridgehead atoms. The lowest BCUT2D eigenvalue weighted by Gasteiger charge is -2.21. The van der Waals surface area contributed by atoms with E-state index in [1.165, 1.54) is 6.07 Å². The van der Waals surface area contributed by atoms with Crippen molar-refractivity contribution in [3.05, 3.63) is 52.6 Å². The summed E-state index contributed by atoms with van der Waals surface area (Å²) in [5.41, 5.74) is 7.38. The van der Waals surface area contributed by atoms with Crippen LogP contribution >= 0.6 is 0 Å². The van der Waals surface area contributed by atoms with Crippen LogP contribution in [0, 0.1) is 13.8 Å². The normalized spacial score (nSPS) is 18.8. The number of alkyl halides is 3. The predicted molar refractivity (Wildman–Crippen MR) is 100 cm³/mol. The van der Waals surface area contributed by atoms with Crippen LogP contribution in [0.25, 0.3) is 0 Å². The first-order valence-electron chi connectivity index (χ1n) is 8.73. The lowest BCUT2D eigenvalue weighted by Crippen LogP contribution is -2.32. The highest BCUT2D eigenvalue weighted by molar-refractivity contribution is 7.92. The smallest absolute Gasteiger partial charge is 0.271 e. The second-order valence-corrected chi connectivity index (χ2v) is 10.0. The van der Waals surface area contributed by atoms with Gasteiger partial charge in [-0.2, -0.15) is 0 Å². The highest BCUT2D eigenvalue weighted by atomic mass is 32.2. The third-order valence-corrected chi connectivity index (χ3v) is 7.30. The molecule has 0 aliphatic heterocycles. The molecule has 0 aromatic heterocycles. The van der Waals surface area contributed by atoms with Crippen LogP contribution in [0.2, 0.25) is 0 Å². The molecule has 0 unspecified atom stereocenters. The minimum atomic E-state index is -4.52. The van der Waals surface area contributed by atoms with E-state index in [0.717, 1.165) is 31.0 Å². The van der Waals surface area contributed by atoms with Gasteiger partial charge in [-0.05, 0) is 63.1 Å². The molecule has 0 spiro atoms. The van der Waals surface area contributed by atoms with Gasteiger partial charge < -0.3 is 10.5 Å². The Balaban J connectivity index is 2.17. The number of nitrogens with two attached hydrogens (primary N) is 1. The molecule has 0 saturated carbocycles. The average Bonchev–Trinajstić information content (AvgIpc) is 2.81. The van der Waals surface area contributed by atoms with E-state index in [1.54, 1.807) is 12.1 Å². The molecule has 0 heterocycles. The fraction of sp³-hybridized carbons (Fsp3) is 0.400. The summed E-state index contributed by atoms with van der Waals surface area (Å²) in [6.45, 7) is 5.55. The van der Waals surface area contributed by atoms with Crippen LogP contribution in [0.15, 0.2) is 35.2 Å². The minimum absolute atomic E-state index is 0.0129. The Hall–Kier alpha value is -2.06. The molecule has 28 heavy (non-hydrogen) atoms. The third kappa shape index (κ3) is 3.28. The number of benzene rings is 2. The summed E-state index contributed by atoms with van der Waals surface area (Å²) >= 11 is 0. The molecule has 1 aliphatic carbocycles. The molecule has 0 radical (unpaired) electrons. The van der Waals surface area contributed by atoms with Crippen molar-refractivity contribution in [2.45, 2.75) is 56.0 Å². The molecule has 2 N–H and O–H groups in total. The molecule has 152 valence electrons. The number of hydrogen-bond acceptors (Lipinski definition) is 4. The summed E-state index contributed by atoms with van der Waals surface area (Å²) in [6.07, 6.45) is -0.778. The monoisotopic (exact) mass is 413 g/mol. The quantitative estimate of drug-likeness (QED) is 0.784. The molecule has 0 fully saturated rings. The zero-order chi connectivity index (χ0) is 21.1.